The Kier molecular flexibility index (Phi) is 3.34. The van der Waals surface area contributed by atoms with Gasteiger partial charge in [0.05, 0.1) is 6.61 Å². The zero-order chi connectivity index (χ0) is 8.97. The number of hydrogen-bond acceptors (Lipinski definition) is 2. The molecule has 0 aromatic carbocycles. The number of hydrogen-bond donors (Lipinski definition) is 2. The molecule has 1 atom stereocenters. The predicted octanol–water partition coefficient (Wildman–Crippen LogP) is 0.238. The van der Waals surface area contributed by atoms with Crippen molar-refractivity contribution in [2.75, 3.05) is 26.8 Å². The maximum absolute atomic E-state index is 7.18. The highest BCUT2D eigenvalue weighted by Crippen LogP contribution is 2.13. The maximum atomic E-state index is 7.18. The first-order valence-corrected chi connectivity index (χ1v) is 4.33. The molecule has 70 valence electrons. The SMILES string of the molecule is CN(CC1CCCOC1)C(=N)N. The summed E-state index contributed by atoms with van der Waals surface area (Å²) in [4.78, 5) is 1.76. The smallest absolute Gasteiger partial charge is 0.188 e. The van der Waals surface area contributed by atoms with Gasteiger partial charge in [-0.25, -0.2) is 0 Å². The molecule has 0 aromatic heterocycles. The van der Waals surface area contributed by atoms with Gasteiger partial charge in [-0.2, -0.15) is 0 Å². The Morgan fingerprint density at radius 3 is 3.00 bits per heavy atom. The molecule has 0 saturated carbocycles. The lowest BCUT2D eigenvalue weighted by Crippen LogP contribution is -2.38. The van der Waals surface area contributed by atoms with E-state index in [1.807, 2.05) is 7.05 Å². The van der Waals surface area contributed by atoms with Crippen molar-refractivity contribution in [3.8, 4) is 0 Å². The molecule has 0 radical (unpaired) electrons. The largest absolute Gasteiger partial charge is 0.381 e. The quantitative estimate of drug-likeness (QED) is 0.462. The minimum atomic E-state index is 0.139. The van der Waals surface area contributed by atoms with E-state index < -0.39 is 0 Å². The molecule has 1 aliphatic heterocycles. The van der Waals surface area contributed by atoms with Gasteiger partial charge in [0, 0.05) is 20.2 Å². The predicted molar refractivity (Wildman–Crippen MR) is 48.1 cm³/mol. The standard InChI is InChI=1S/C8H17N3O/c1-11(8(9)10)5-7-3-2-4-12-6-7/h7H,2-6H2,1H3,(H3,9,10). The van der Waals surface area contributed by atoms with Crippen LogP contribution in [-0.2, 0) is 4.74 Å². The van der Waals surface area contributed by atoms with Crippen LogP contribution in [0.25, 0.3) is 0 Å². The number of ether oxygens (including phenoxy) is 1. The molecule has 12 heavy (non-hydrogen) atoms. The fourth-order valence-corrected chi connectivity index (χ4v) is 1.44. The lowest BCUT2D eigenvalue weighted by molar-refractivity contribution is 0.0484. The zero-order valence-electron chi connectivity index (χ0n) is 7.55. The van der Waals surface area contributed by atoms with Gasteiger partial charge >= 0.3 is 0 Å². The lowest BCUT2D eigenvalue weighted by atomic mass is 10.0. The fourth-order valence-electron chi connectivity index (χ4n) is 1.44. The summed E-state index contributed by atoms with van der Waals surface area (Å²) < 4.78 is 5.32. The van der Waals surface area contributed by atoms with Gasteiger partial charge in [-0.1, -0.05) is 0 Å². The second-order valence-corrected chi connectivity index (χ2v) is 3.35. The molecule has 4 nitrogen and oxygen atoms in total. The van der Waals surface area contributed by atoms with Crippen molar-refractivity contribution in [3.05, 3.63) is 0 Å². The van der Waals surface area contributed by atoms with E-state index in [4.69, 9.17) is 15.9 Å². The highest BCUT2D eigenvalue weighted by molar-refractivity contribution is 5.74. The fraction of sp³-hybridized carbons (Fsp3) is 0.875. The van der Waals surface area contributed by atoms with Crippen LogP contribution in [0.1, 0.15) is 12.8 Å². The Hall–Kier alpha value is -0.770. The molecule has 4 heteroatoms. The monoisotopic (exact) mass is 171 g/mol. The Balaban J connectivity index is 2.24. The summed E-state index contributed by atoms with van der Waals surface area (Å²) in [6.07, 6.45) is 2.33. The molecular formula is C8H17N3O. The summed E-state index contributed by atoms with van der Waals surface area (Å²) >= 11 is 0. The highest BCUT2D eigenvalue weighted by atomic mass is 16.5. The Labute approximate surface area is 73.2 Å². The van der Waals surface area contributed by atoms with Crippen LogP contribution in [0.2, 0.25) is 0 Å². The molecule has 1 heterocycles. The molecular weight excluding hydrogens is 154 g/mol. The molecule has 1 saturated heterocycles. The van der Waals surface area contributed by atoms with E-state index in [1.54, 1.807) is 4.90 Å². The van der Waals surface area contributed by atoms with Crippen molar-refractivity contribution in [1.29, 1.82) is 5.41 Å². The van der Waals surface area contributed by atoms with Crippen LogP contribution >= 0.6 is 0 Å². The summed E-state index contributed by atoms with van der Waals surface area (Å²) in [5, 5.41) is 7.18. The number of nitrogens with zero attached hydrogens (tertiary/aromatic N) is 1. The second-order valence-electron chi connectivity index (χ2n) is 3.35. The summed E-state index contributed by atoms with van der Waals surface area (Å²) in [7, 11) is 1.84. The van der Waals surface area contributed by atoms with Crippen LogP contribution in [-0.4, -0.2) is 37.7 Å². The van der Waals surface area contributed by atoms with Gasteiger partial charge in [0.15, 0.2) is 5.96 Å². The normalized spacial score (nSPS) is 23.6. The third-order valence-corrected chi connectivity index (χ3v) is 2.20. The van der Waals surface area contributed by atoms with E-state index in [-0.39, 0.29) is 5.96 Å². The topological polar surface area (TPSA) is 62.3 Å². The van der Waals surface area contributed by atoms with Crippen molar-refractivity contribution in [2.45, 2.75) is 12.8 Å². The van der Waals surface area contributed by atoms with Gasteiger partial charge in [-0.15, -0.1) is 0 Å². The third kappa shape index (κ3) is 2.70. The molecule has 3 N–H and O–H groups in total. The lowest BCUT2D eigenvalue weighted by Gasteiger charge is -2.27. The van der Waals surface area contributed by atoms with Crippen LogP contribution in [0.15, 0.2) is 0 Å². The van der Waals surface area contributed by atoms with Gasteiger partial charge in [-0.3, -0.25) is 5.41 Å². The summed E-state index contributed by atoms with van der Waals surface area (Å²) in [5.41, 5.74) is 5.32. The Bertz CT molecular complexity index is 154. The summed E-state index contributed by atoms with van der Waals surface area (Å²) in [6.45, 7) is 2.55. The van der Waals surface area contributed by atoms with Gasteiger partial charge < -0.3 is 15.4 Å². The molecule has 1 unspecified atom stereocenters. The molecule has 0 spiro atoms. The van der Waals surface area contributed by atoms with Crippen molar-refractivity contribution in [3.63, 3.8) is 0 Å². The molecule has 0 bridgehead atoms. The molecule has 0 amide bonds. The molecule has 0 aliphatic carbocycles. The van der Waals surface area contributed by atoms with Gasteiger partial charge in [0.25, 0.3) is 0 Å². The Morgan fingerprint density at radius 1 is 1.75 bits per heavy atom. The van der Waals surface area contributed by atoms with Crippen LogP contribution in [0.4, 0.5) is 0 Å². The van der Waals surface area contributed by atoms with Gasteiger partial charge in [0.1, 0.15) is 0 Å². The highest BCUT2D eigenvalue weighted by Gasteiger charge is 2.15. The van der Waals surface area contributed by atoms with E-state index in [0.29, 0.717) is 5.92 Å². The van der Waals surface area contributed by atoms with Crippen molar-refractivity contribution in [2.24, 2.45) is 11.7 Å². The van der Waals surface area contributed by atoms with E-state index >= 15 is 0 Å². The molecule has 0 aromatic rings. The van der Waals surface area contributed by atoms with Crippen molar-refractivity contribution >= 4 is 5.96 Å². The van der Waals surface area contributed by atoms with Crippen molar-refractivity contribution in [1.82, 2.24) is 4.90 Å². The first-order chi connectivity index (χ1) is 5.70. The number of guanidine groups is 1. The number of rotatable bonds is 2. The summed E-state index contributed by atoms with van der Waals surface area (Å²) in [5.74, 6) is 0.688. The minimum Gasteiger partial charge on any atom is -0.381 e. The first kappa shape index (κ1) is 9.32. The van der Waals surface area contributed by atoms with E-state index in [9.17, 15) is 0 Å². The molecule has 1 aliphatic rings. The van der Waals surface area contributed by atoms with Gasteiger partial charge in [-0.05, 0) is 18.8 Å². The first-order valence-electron chi connectivity index (χ1n) is 4.33. The van der Waals surface area contributed by atoms with E-state index in [1.165, 1.54) is 6.42 Å². The summed E-state index contributed by atoms with van der Waals surface area (Å²) in [6, 6.07) is 0. The molecule has 1 fully saturated rings. The average molecular weight is 171 g/mol. The Morgan fingerprint density at radius 2 is 2.50 bits per heavy atom. The molecule has 1 rings (SSSR count). The maximum Gasteiger partial charge on any atom is 0.188 e. The number of nitrogens with two attached hydrogens (primary N) is 1. The van der Waals surface area contributed by atoms with Crippen LogP contribution in [0.3, 0.4) is 0 Å². The third-order valence-electron chi connectivity index (χ3n) is 2.20. The van der Waals surface area contributed by atoms with Gasteiger partial charge in [0.2, 0.25) is 0 Å². The van der Waals surface area contributed by atoms with E-state index in [0.717, 1.165) is 26.2 Å². The second kappa shape index (κ2) is 4.30. The van der Waals surface area contributed by atoms with Crippen molar-refractivity contribution < 1.29 is 4.74 Å². The zero-order valence-corrected chi connectivity index (χ0v) is 7.55. The van der Waals surface area contributed by atoms with Crippen LogP contribution in [0.5, 0.6) is 0 Å². The minimum absolute atomic E-state index is 0.139. The number of nitrogens with one attached hydrogen (secondary N) is 1. The van der Waals surface area contributed by atoms with E-state index in [2.05, 4.69) is 0 Å². The van der Waals surface area contributed by atoms with Crippen LogP contribution < -0.4 is 5.73 Å². The average Bonchev–Trinajstić information content (AvgIpc) is 2.06. The van der Waals surface area contributed by atoms with Crippen LogP contribution in [0, 0.1) is 11.3 Å².